The van der Waals surface area contributed by atoms with Gasteiger partial charge in [-0.3, -0.25) is 9.59 Å². The van der Waals surface area contributed by atoms with E-state index in [1.54, 1.807) is 7.11 Å². The molecule has 0 aromatic heterocycles. The molecule has 0 amide bonds. The molecule has 5 heteroatoms. The molecule has 0 spiro atoms. The maximum atomic E-state index is 10.7. The molecule has 0 aliphatic rings. The first kappa shape index (κ1) is 14.0. The highest BCUT2D eigenvalue weighted by molar-refractivity contribution is 5.92. The molecule has 1 rings (SSSR count). The fourth-order valence-electron chi connectivity index (χ4n) is 1.66. The summed E-state index contributed by atoms with van der Waals surface area (Å²) >= 11 is 0. The predicted octanol–water partition coefficient (Wildman–Crippen LogP) is 1.80. The number of rotatable bonds is 7. The van der Waals surface area contributed by atoms with Gasteiger partial charge in [0, 0.05) is 0 Å². The Morgan fingerprint density at radius 1 is 1.17 bits per heavy atom. The highest BCUT2D eigenvalue weighted by Gasteiger charge is 2.24. The van der Waals surface area contributed by atoms with Gasteiger partial charge < -0.3 is 14.9 Å². The Bertz CT molecular complexity index is 396. The maximum absolute atomic E-state index is 10.7. The lowest BCUT2D eigenvalue weighted by molar-refractivity contribution is -0.154. The van der Waals surface area contributed by atoms with Crippen LogP contribution < -0.4 is 4.74 Å². The van der Waals surface area contributed by atoms with Crippen molar-refractivity contribution in [3.8, 4) is 5.75 Å². The van der Waals surface area contributed by atoms with Crippen LogP contribution in [0.1, 0.15) is 18.4 Å². The number of carboxylic acids is 2. The number of carboxylic acid groups (broad SMARTS) is 2. The number of aliphatic carboxylic acids is 2. The van der Waals surface area contributed by atoms with Crippen LogP contribution in [0, 0.1) is 5.92 Å². The average molecular weight is 252 g/mol. The van der Waals surface area contributed by atoms with Crippen molar-refractivity contribution >= 4 is 11.9 Å². The maximum Gasteiger partial charge on any atom is 0.317 e. The van der Waals surface area contributed by atoms with Gasteiger partial charge in [0.05, 0.1) is 7.11 Å². The quantitative estimate of drug-likeness (QED) is 0.723. The van der Waals surface area contributed by atoms with Gasteiger partial charge in [0.1, 0.15) is 5.75 Å². The molecule has 0 aliphatic carbocycles. The molecule has 0 fully saturated rings. The zero-order valence-electron chi connectivity index (χ0n) is 10.1. The normalized spacial score (nSPS) is 10.3. The molecule has 1 aromatic carbocycles. The third kappa shape index (κ3) is 4.08. The van der Waals surface area contributed by atoms with Crippen LogP contribution >= 0.6 is 0 Å². The highest BCUT2D eigenvalue weighted by Crippen LogP contribution is 2.15. The van der Waals surface area contributed by atoms with Crippen LogP contribution in [-0.4, -0.2) is 29.3 Å². The van der Waals surface area contributed by atoms with Gasteiger partial charge >= 0.3 is 11.9 Å². The molecular weight excluding hydrogens is 236 g/mol. The monoisotopic (exact) mass is 252 g/mol. The summed E-state index contributed by atoms with van der Waals surface area (Å²) in [5.41, 5.74) is 1.03. The number of hydrogen-bond donors (Lipinski definition) is 2. The van der Waals surface area contributed by atoms with Gasteiger partial charge in [-0.15, -0.1) is 0 Å². The minimum atomic E-state index is -1.32. The van der Waals surface area contributed by atoms with E-state index >= 15 is 0 Å². The lowest BCUT2D eigenvalue weighted by Gasteiger charge is -2.07. The van der Waals surface area contributed by atoms with Crippen molar-refractivity contribution in [3.63, 3.8) is 0 Å². The van der Waals surface area contributed by atoms with Crippen molar-refractivity contribution in [2.45, 2.75) is 19.3 Å². The number of carbonyl (C=O) groups is 2. The summed E-state index contributed by atoms with van der Waals surface area (Å²) < 4.78 is 5.02. The zero-order valence-corrected chi connectivity index (χ0v) is 10.1. The summed E-state index contributed by atoms with van der Waals surface area (Å²) in [4.78, 5) is 21.3. The van der Waals surface area contributed by atoms with Crippen molar-refractivity contribution in [2.24, 2.45) is 5.92 Å². The third-order valence-corrected chi connectivity index (χ3v) is 2.71. The molecule has 5 nitrogen and oxygen atoms in total. The van der Waals surface area contributed by atoms with E-state index in [9.17, 15) is 9.59 Å². The van der Waals surface area contributed by atoms with E-state index in [1.807, 2.05) is 24.3 Å². The molecule has 0 bridgehead atoms. The molecule has 2 N–H and O–H groups in total. The summed E-state index contributed by atoms with van der Waals surface area (Å²) in [5.74, 6) is -3.12. The Morgan fingerprint density at radius 3 is 2.17 bits per heavy atom. The first-order valence-electron chi connectivity index (χ1n) is 5.63. The van der Waals surface area contributed by atoms with Gasteiger partial charge in [0.2, 0.25) is 0 Å². The van der Waals surface area contributed by atoms with E-state index < -0.39 is 17.9 Å². The number of benzene rings is 1. The molecule has 0 aliphatic heterocycles. The van der Waals surface area contributed by atoms with E-state index in [0.717, 1.165) is 11.3 Å². The van der Waals surface area contributed by atoms with E-state index in [4.69, 9.17) is 14.9 Å². The molecular formula is C13H16O5. The predicted molar refractivity (Wildman–Crippen MR) is 64.7 cm³/mol. The molecule has 18 heavy (non-hydrogen) atoms. The first-order valence-corrected chi connectivity index (χ1v) is 5.63. The van der Waals surface area contributed by atoms with Crippen molar-refractivity contribution in [2.75, 3.05) is 7.11 Å². The molecule has 0 heterocycles. The van der Waals surface area contributed by atoms with E-state index in [1.165, 1.54) is 0 Å². The summed E-state index contributed by atoms with van der Waals surface area (Å²) in [6, 6.07) is 7.41. The van der Waals surface area contributed by atoms with Crippen LogP contribution in [0.15, 0.2) is 24.3 Å². The van der Waals surface area contributed by atoms with E-state index in [2.05, 4.69) is 0 Å². The van der Waals surface area contributed by atoms with Crippen molar-refractivity contribution in [1.29, 1.82) is 0 Å². The van der Waals surface area contributed by atoms with Crippen LogP contribution in [0.25, 0.3) is 0 Å². The van der Waals surface area contributed by atoms with Gasteiger partial charge in [-0.2, -0.15) is 0 Å². The summed E-state index contributed by atoms with van der Waals surface area (Å²) in [6.45, 7) is 0. The molecule has 0 unspecified atom stereocenters. The highest BCUT2D eigenvalue weighted by atomic mass is 16.5. The Balaban J connectivity index is 2.45. The Kier molecular flexibility index (Phi) is 5.17. The fourth-order valence-corrected chi connectivity index (χ4v) is 1.66. The van der Waals surface area contributed by atoms with Gasteiger partial charge in [0.25, 0.3) is 0 Å². The van der Waals surface area contributed by atoms with Gasteiger partial charge in [0.15, 0.2) is 5.92 Å². The van der Waals surface area contributed by atoms with Crippen LogP contribution in [-0.2, 0) is 16.0 Å². The molecule has 0 saturated heterocycles. The van der Waals surface area contributed by atoms with Crippen molar-refractivity contribution in [1.82, 2.24) is 0 Å². The van der Waals surface area contributed by atoms with Crippen LogP contribution in [0.4, 0.5) is 0 Å². The Hall–Kier alpha value is -2.04. The second-order valence-corrected chi connectivity index (χ2v) is 3.97. The van der Waals surface area contributed by atoms with Crippen LogP contribution in [0.5, 0.6) is 5.75 Å². The standard InChI is InChI=1S/C13H16O5/c1-18-10-7-5-9(6-8-10)3-2-4-11(12(14)15)13(16)17/h5-8,11H,2-4H2,1H3,(H,14,15)(H,16,17). The topological polar surface area (TPSA) is 83.8 Å². The number of methoxy groups -OCH3 is 1. The van der Waals surface area contributed by atoms with Crippen LogP contribution in [0.3, 0.4) is 0 Å². The van der Waals surface area contributed by atoms with Crippen molar-refractivity contribution < 1.29 is 24.5 Å². The summed E-state index contributed by atoms with van der Waals surface area (Å²) in [6.07, 6.45) is 1.31. The third-order valence-electron chi connectivity index (χ3n) is 2.71. The first-order chi connectivity index (χ1) is 8.54. The second kappa shape index (κ2) is 6.64. The van der Waals surface area contributed by atoms with Crippen LogP contribution in [0.2, 0.25) is 0 Å². The second-order valence-electron chi connectivity index (χ2n) is 3.97. The largest absolute Gasteiger partial charge is 0.497 e. The number of ether oxygens (including phenoxy) is 1. The minimum Gasteiger partial charge on any atom is -0.497 e. The SMILES string of the molecule is COc1ccc(CCCC(C(=O)O)C(=O)O)cc1. The lowest BCUT2D eigenvalue weighted by atomic mass is 10.00. The minimum absolute atomic E-state index is 0.136. The fraction of sp³-hybridized carbons (Fsp3) is 0.385. The molecule has 1 aromatic rings. The Labute approximate surface area is 105 Å². The Morgan fingerprint density at radius 2 is 1.72 bits per heavy atom. The van der Waals surface area contributed by atoms with Gasteiger partial charge in [-0.05, 0) is 37.0 Å². The zero-order chi connectivity index (χ0) is 13.5. The summed E-state index contributed by atoms with van der Waals surface area (Å²) in [5, 5.41) is 17.4. The molecule has 0 atom stereocenters. The van der Waals surface area contributed by atoms with E-state index in [0.29, 0.717) is 12.8 Å². The number of hydrogen-bond acceptors (Lipinski definition) is 3. The molecule has 98 valence electrons. The molecule has 0 saturated carbocycles. The van der Waals surface area contributed by atoms with E-state index in [-0.39, 0.29) is 6.42 Å². The lowest BCUT2D eigenvalue weighted by Crippen LogP contribution is -2.23. The van der Waals surface area contributed by atoms with Gasteiger partial charge in [-0.1, -0.05) is 12.1 Å². The smallest absolute Gasteiger partial charge is 0.317 e. The van der Waals surface area contributed by atoms with Crippen molar-refractivity contribution in [3.05, 3.63) is 29.8 Å². The summed E-state index contributed by atoms with van der Waals surface area (Å²) in [7, 11) is 1.58. The van der Waals surface area contributed by atoms with Gasteiger partial charge in [-0.25, -0.2) is 0 Å². The average Bonchev–Trinajstić information content (AvgIpc) is 2.34. The number of aryl methyl sites for hydroxylation is 1. The molecule has 0 radical (unpaired) electrons.